The van der Waals surface area contributed by atoms with E-state index in [-0.39, 0.29) is 0 Å². The quantitative estimate of drug-likeness (QED) is 0.216. The van der Waals surface area contributed by atoms with E-state index in [9.17, 15) is 0 Å². The zero-order valence-corrected chi connectivity index (χ0v) is 6.40. The van der Waals surface area contributed by atoms with Gasteiger partial charge in [-0.15, -0.1) is 0 Å². The molecule has 0 atom stereocenters. The summed E-state index contributed by atoms with van der Waals surface area (Å²) >= 11 is 0. The van der Waals surface area contributed by atoms with Gasteiger partial charge in [-0.05, 0) is 23.6 Å². The average molecular weight is 161 g/mol. The molecule has 60 valence electrons. The van der Waals surface area contributed by atoms with Gasteiger partial charge in [0.2, 0.25) is 0 Å². The SMILES string of the molecule is [N-]=[N+]=NCCC#Cc1ccco1. The summed E-state index contributed by atoms with van der Waals surface area (Å²) in [7, 11) is 0. The number of hydrogen-bond acceptors (Lipinski definition) is 2. The molecule has 4 nitrogen and oxygen atoms in total. The predicted octanol–water partition coefficient (Wildman–Crippen LogP) is 2.33. The zero-order chi connectivity index (χ0) is 8.65. The van der Waals surface area contributed by atoms with Crippen molar-refractivity contribution in [1.82, 2.24) is 0 Å². The maximum absolute atomic E-state index is 7.94. The van der Waals surface area contributed by atoms with Crippen LogP contribution >= 0.6 is 0 Å². The van der Waals surface area contributed by atoms with Gasteiger partial charge in [0, 0.05) is 17.9 Å². The van der Waals surface area contributed by atoms with Crippen LogP contribution in [0.4, 0.5) is 0 Å². The van der Waals surface area contributed by atoms with E-state index in [1.165, 1.54) is 0 Å². The second kappa shape index (κ2) is 4.89. The fourth-order valence-electron chi connectivity index (χ4n) is 0.650. The lowest BCUT2D eigenvalue weighted by Gasteiger charge is -1.78. The highest BCUT2D eigenvalue weighted by Gasteiger charge is 1.84. The van der Waals surface area contributed by atoms with Crippen LogP contribution in [0.1, 0.15) is 12.2 Å². The zero-order valence-electron chi connectivity index (χ0n) is 6.40. The summed E-state index contributed by atoms with van der Waals surface area (Å²) in [5, 5.41) is 3.34. The van der Waals surface area contributed by atoms with Crippen LogP contribution in [0.2, 0.25) is 0 Å². The lowest BCUT2D eigenvalue weighted by Crippen LogP contribution is -1.73. The first-order chi connectivity index (χ1) is 5.93. The van der Waals surface area contributed by atoms with E-state index >= 15 is 0 Å². The van der Waals surface area contributed by atoms with E-state index in [0.717, 1.165) is 0 Å². The number of rotatable bonds is 2. The molecule has 0 aliphatic rings. The standard InChI is InChI=1S/C8H7N3O/c9-11-10-6-2-1-4-8-5-3-7-12-8/h3,5,7H,2,6H2. The third-order valence-electron chi connectivity index (χ3n) is 1.13. The Bertz CT molecular complexity index is 325. The van der Waals surface area contributed by atoms with Crippen LogP contribution in [0.5, 0.6) is 0 Å². The molecular weight excluding hydrogens is 154 g/mol. The maximum Gasteiger partial charge on any atom is 0.176 e. The van der Waals surface area contributed by atoms with Crippen LogP contribution in [0.15, 0.2) is 27.9 Å². The fourth-order valence-corrected chi connectivity index (χ4v) is 0.650. The molecule has 0 radical (unpaired) electrons. The molecule has 0 aromatic carbocycles. The lowest BCUT2D eigenvalue weighted by molar-refractivity contribution is 0.554. The number of furan rings is 1. The molecule has 1 heterocycles. The van der Waals surface area contributed by atoms with E-state index in [4.69, 9.17) is 9.95 Å². The van der Waals surface area contributed by atoms with Crippen molar-refractivity contribution in [3.8, 4) is 11.8 Å². The van der Waals surface area contributed by atoms with E-state index in [1.807, 2.05) is 0 Å². The Morgan fingerprint density at radius 2 is 2.58 bits per heavy atom. The van der Waals surface area contributed by atoms with Crippen LogP contribution in [0.3, 0.4) is 0 Å². The molecule has 0 bridgehead atoms. The van der Waals surface area contributed by atoms with Crippen molar-refractivity contribution in [2.75, 3.05) is 6.54 Å². The van der Waals surface area contributed by atoms with E-state index in [0.29, 0.717) is 18.7 Å². The molecule has 4 heteroatoms. The monoisotopic (exact) mass is 161 g/mol. The van der Waals surface area contributed by atoms with E-state index in [1.54, 1.807) is 18.4 Å². The van der Waals surface area contributed by atoms with Crippen LogP contribution < -0.4 is 0 Å². The van der Waals surface area contributed by atoms with Crippen molar-refractivity contribution < 1.29 is 4.42 Å². The van der Waals surface area contributed by atoms with Crippen molar-refractivity contribution in [2.45, 2.75) is 6.42 Å². The molecule has 0 fully saturated rings. The highest BCUT2D eigenvalue weighted by Crippen LogP contribution is 1.96. The molecule has 0 spiro atoms. The average Bonchev–Trinajstić information content (AvgIpc) is 2.57. The van der Waals surface area contributed by atoms with Crippen molar-refractivity contribution in [3.05, 3.63) is 34.6 Å². The molecule has 1 rings (SSSR count). The van der Waals surface area contributed by atoms with Gasteiger partial charge in [0.1, 0.15) is 0 Å². The molecule has 1 aromatic heterocycles. The first-order valence-corrected chi connectivity index (χ1v) is 3.46. The largest absolute Gasteiger partial charge is 0.456 e. The Balaban J connectivity index is 2.35. The van der Waals surface area contributed by atoms with Gasteiger partial charge in [-0.25, -0.2) is 0 Å². The highest BCUT2D eigenvalue weighted by molar-refractivity contribution is 5.23. The third-order valence-corrected chi connectivity index (χ3v) is 1.13. The normalized spacial score (nSPS) is 8.00. The second-order valence-electron chi connectivity index (χ2n) is 1.98. The van der Waals surface area contributed by atoms with Crippen molar-refractivity contribution in [2.24, 2.45) is 5.11 Å². The molecule has 1 aromatic rings. The number of nitrogens with zero attached hydrogens (tertiary/aromatic N) is 3. The minimum absolute atomic E-state index is 0.407. The molecule has 0 unspecified atom stereocenters. The lowest BCUT2D eigenvalue weighted by atomic mass is 10.4. The molecular formula is C8H7N3O. The molecule has 0 N–H and O–H groups in total. The summed E-state index contributed by atoms with van der Waals surface area (Å²) in [5.74, 6) is 6.23. The summed E-state index contributed by atoms with van der Waals surface area (Å²) in [6, 6.07) is 3.55. The summed E-state index contributed by atoms with van der Waals surface area (Å²) in [6.07, 6.45) is 2.13. The van der Waals surface area contributed by atoms with E-state index < -0.39 is 0 Å². The van der Waals surface area contributed by atoms with Crippen LogP contribution in [0, 0.1) is 11.8 Å². The van der Waals surface area contributed by atoms with Gasteiger partial charge in [0.25, 0.3) is 0 Å². The molecule has 0 saturated carbocycles. The summed E-state index contributed by atoms with van der Waals surface area (Å²) in [4.78, 5) is 2.60. The number of azide groups is 1. The smallest absolute Gasteiger partial charge is 0.176 e. The van der Waals surface area contributed by atoms with Gasteiger partial charge in [-0.3, -0.25) is 0 Å². The van der Waals surface area contributed by atoms with E-state index in [2.05, 4.69) is 21.9 Å². The van der Waals surface area contributed by atoms with Crippen molar-refractivity contribution in [3.63, 3.8) is 0 Å². The second-order valence-corrected chi connectivity index (χ2v) is 1.98. The minimum atomic E-state index is 0.407. The first-order valence-electron chi connectivity index (χ1n) is 3.46. The number of hydrogen-bond donors (Lipinski definition) is 0. The third kappa shape index (κ3) is 2.82. The summed E-state index contributed by atoms with van der Waals surface area (Å²) in [6.45, 7) is 0.407. The van der Waals surface area contributed by atoms with Gasteiger partial charge >= 0.3 is 0 Å². The first kappa shape index (κ1) is 8.25. The molecule has 0 aliphatic carbocycles. The van der Waals surface area contributed by atoms with Gasteiger partial charge < -0.3 is 4.42 Å². The van der Waals surface area contributed by atoms with Crippen LogP contribution in [-0.4, -0.2) is 6.54 Å². The molecule has 0 saturated heterocycles. The van der Waals surface area contributed by atoms with Crippen molar-refractivity contribution in [1.29, 1.82) is 0 Å². The maximum atomic E-state index is 7.94. The Morgan fingerprint density at radius 3 is 3.25 bits per heavy atom. The minimum Gasteiger partial charge on any atom is -0.456 e. The predicted molar refractivity (Wildman–Crippen MR) is 44.2 cm³/mol. The Kier molecular flexibility index (Phi) is 3.36. The summed E-state index contributed by atoms with van der Waals surface area (Å²) in [5.41, 5.74) is 7.94. The fraction of sp³-hybridized carbons (Fsp3) is 0.250. The Morgan fingerprint density at radius 1 is 1.67 bits per heavy atom. The van der Waals surface area contributed by atoms with Gasteiger partial charge in [0.05, 0.1) is 6.26 Å². The van der Waals surface area contributed by atoms with Gasteiger partial charge in [-0.1, -0.05) is 11.0 Å². The van der Waals surface area contributed by atoms with Crippen LogP contribution in [0.25, 0.3) is 10.4 Å². The summed E-state index contributed by atoms with van der Waals surface area (Å²) < 4.78 is 4.96. The highest BCUT2D eigenvalue weighted by atomic mass is 16.3. The Hall–Kier alpha value is -1.85. The van der Waals surface area contributed by atoms with Gasteiger partial charge in [0.15, 0.2) is 5.76 Å². The molecule has 12 heavy (non-hydrogen) atoms. The molecule has 0 aliphatic heterocycles. The topological polar surface area (TPSA) is 61.9 Å². The Labute approximate surface area is 69.8 Å². The van der Waals surface area contributed by atoms with Gasteiger partial charge in [-0.2, -0.15) is 0 Å². The van der Waals surface area contributed by atoms with Crippen LogP contribution in [-0.2, 0) is 0 Å². The van der Waals surface area contributed by atoms with Crippen molar-refractivity contribution >= 4 is 0 Å². The molecule has 0 amide bonds.